The van der Waals surface area contributed by atoms with E-state index in [9.17, 15) is 9.59 Å². The van der Waals surface area contributed by atoms with Crippen molar-refractivity contribution in [3.05, 3.63) is 59.8 Å². The minimum Gasteiger partial charge on any atom is -0.497 e. The lowest BCUT2D eigenvalue weighted by molar-refractivity contribution is -0.123. The first kappa shape index (κ1) is 20.6. The lowest BCUT2D eigenvalue weighted by Crippen LogP contribution is -2.24. The topological polar surface area (TPSA) is 94.5 Å². The van der Waals surface area contributed by atoms with E-state index in [2.05, 4.69) is 15.7 Å². The minimum atomic E-state index is -0.735. The number of ether oxygens (including phenoxy) is 2. The Labute approximate surface area is 180 Å². The number of aryl methyl sites for hydroxylation is 1. The molecule has 2 N–H and O–H groups in total. The Hall–Kier alpha value is -3.65. The molecule has 0 saturated heterocycles. The van der Waals surface area contributed by atoms with Crippen LogP contribution >= 0.6 is 0 Å². The minimum absolute atomic E-state index is 0.0245. The third kappa shape index (κ3) is 4.02. The molecular weight excluding hydrogens is 396 g/mol. The Morgan fingerprint density at radius 1 is 1.16 bits per heavy atom. The molecule has 2 aromatic carbocycles. The number of methoxy groups -OCH3 is 2. The molecule has 3 aromatic rings. The van der Waals surface area contributed by atoms with Crippen molar-refractivity contribution in [3.8, 4) is 16.9 Å². The Morgan fingerprint density at radius 2 is 1.90 bits per heavy atom. The number of aromatic nitrogens is 2. The smallest absolute Gasteiger partial charge is 0.251 e. The van der Waals surface area contributed by atoms with E-state index >= 15 is 0 Å². The molecule has 0 saturated carbocycles. The van der Waals surface area contributed by atoms with Gasteiger partial charge in [0.2, 0.25) is 5.91 Å². The molecule has 160 valence electrons. The van der Waals surface area contributed by atoms with Gasteiger partial charge in [-0.05, 0) is 36.2 Å². The molecule has 2 amide bonds. The van der Waals surface area contributed by atoms with Crippen LogP contribution in [0.2, 0.25) is 0 Å². The van der Waals surface area contributed by atoms with Crippen molar-refractivity contribution >= 4 is 23.3 Å². The van der Waals surface area contributed by atoms with Crippen molar-refractivity contribution < 1.29 is 19.1 Å². The molecule has 0 fully saturated rings. The molecule has 0 radical (unpaired) electrons. The normalized spacial score (nSPS) is 14.8. The standard InChI is InChI=1S/C23H24N4O4/c1-14-6-4-5-7-17(14)24-20(28)12-19-23(29)25-22-21(18(13-30-2)26-27(19)22)15-8-10-16(31-3)11-9-15/h4-11,19H,12-13H2,1-3H3,(H,24,28)(H,25,29). The van der Waals surface area contributed by atoms with Gasteiger partial charge in [-0.15, -0.1) is 0 Å². The summed E-state index contributed by atoms with van der Waals surface area (Å²) in [5.74, 6) is 0.782. The van der Waals surface area contributed by atoms with Gasteiger partial charge in [0.1, 0.15) is 17.6 Å². The fourth-order valence-corrected chi connectivity index (χ4v) is 3.71. The number of nitrogens with zero attached hydrogens (tertiary/aromatic N) is 2. The summed E-state index contributed by atoms with van der Waals surface area (Å²) in [4.78, 5) is 25.4. The van der Waals surface area contributed by atoms with Gasteiger partial charge in [-0.1, -0.05) is 30.3 Å². The highest BCUT2D eigenvalue weighted by Crippen LogP contribution is 2.39. The molecular formula is C23H24N4O4. The van der Waals surface area contributed by atoms with Crippen molar-refractivity contribution in [2.24, 2.45) is 0 Å². The first-order valence-electron chi connectivity index (χ1n) is 9.93. The predicted molar refractivity (Wildman–Crippen MR) is 117 cm³/mol. The van der Waals surface area contributed by atoms with Crippen molar-refractivity contribution in [3.63, 3.8) is 0 Å². The molecule has 8 nitrogen and oxygen atoms in total. The summed E-state index contributed by atoms with van der Waals surface area (Å²) >= 11 is 0. The lowest BCUT2D eigenvalue weighted by atomic mass is 10.1. The van der Waals surface area contributed by atoms with E-state index in [1.165, 1.54) is 0 Å². The zero-order chi connectivity index (χ0) is 22.0. The molecule has 1 unspecified atom stereocenters. The van der Waals surface area contributed by atoms with Gasteiger partial charge >= 0.3 is 0 Å². The predicted octanol–water partition coefficient (Wildman–Crippen LogP) is 3.54. The van der Waals surface area contributed by atoms with Crippen LogP contribution in [-0.4, -0.2) is 35.8 Å². The molecule has 0 bridgehead atoms. The van der Waals surface area contributed by atoms with Gasteiger partial charge in [0.05, 0.1) is 25.8 Å². The van der Waals surface area contributed by atoms with E-state index < -0.39 is 6.04 Å². The number of benzene rings is 2. The molecule has 0 spiro atoms. The van der Waals surface area contributed by atoms with E-state index in [1.807, 2.05) is 55.5 Å². The fourth-order valence-electron chi connectivity index (χ4n) is 3.71. The summed E-state index contributed by atoms with van der Waals surface area (Å²) in [5.41, 5.74) is 4.02. The second-order valence-electron chi connectivity index (χ2n) is 7.35. The maximum absolute atomic E-state index is 12.7. The number of anilines is 2. The quantitative estimate of drug-likeness (QED) is 0.610. The highest BCUT2D eigenvalue weighted by molar-refractivity contribution is 6.04. The molecule has 2 heterocycles. The molecule has 1 aliphatic heterocycles. The number of para-hydroxylation sites is 1. The van der Waals surface area contributed by atoms with Crippen LogP contribution in [0.5, 0.6) is 5.75 Å². The monoisotopic (exact) mass is 420 g/mol. The van der Waals surface area contributed by atoms with Crippen LogP contribution in [-0.2, 0) is 20.9 Å². The van der Waals surface area contributed by atoms with Crippen LogP contribution in [0.15, 0.2) is 48.5 Å². The summed E-state index contributed by atoms with van der Waals surface area (Å²) in [6, 6.07) is 14.3. The van der Waals surface area contributed by atoms with Crippen molar-refractivity contribution in [1.82, 2.24) is 9.78 Å². The molecule has 8 heteroatoms. The van der Waals surface area contributed by atoms with Gasteiger partial charge < -0.3 is 20.1 Å². The van der Waals surface area contributed by atoms with E-state index in [-0.39, 0.29) is 24.8 Å². The summed E-state index contributed by atoms with van der Waals surface area (Å²) < 4.78 is 12.1. The van der Waals surface area contributed by atoms with E-state index in [1.54, 1.807) is 18.9 Å². The molecule has 0 aliphatic carbocycles. The number of hydrogen-bond acceptors (Lipinski definition) is 5. The molecule has 1 aliphatic rings. The fraction of sp³-hybridized carbons (Fsp3) is 0.261. The van der Waals surface area contributed by atoms with Crippen molar-refractivity contribution in [2.75, 3.05) is 24.9 Å². The summed E-state index contributed by atoms with van der Waals surface area (Å²) in [7, 11) is 3.20. The number of fused-ring (bicyclic) bond motifs is 1. The molecule has 1 atom stereocenters. The first-order chi connectivity index (χ1) is 15.0. The lowest BCUT2D eigenvalue weighted by Gasteiger charge is -2.11. The number of hydrogen-bond donors (Lipinski definition) is 2. The molecule has 4 rings (SSSR count). The summed E-state index contributed by atoms with van der Waals surface area (Å²) in [6.45, 7) is 2.20. The molecule has 31 heavy (non-hydrogen) atoms. The largest absolute Gasteiger partial charge is 0.497 e. The van der Waals surface area contributed by atoms with Crippen LogP contribution in [0.3, 0.4) is 0 Å². The van der Waals surface area contributed by atoms with Crippen LogP contribution in [0.25, 0.3) is 11.1 Å². The Kier molecular flexibility index (Phi) is 5.73. The van der Waals surface area contributed by atoms with Gasteiger partial charge in [-0.25, -0.2) is 4.68 Å². The second-order valence-corrected chi connectivity index (χ2v) is 7.35. The van der Waals surface area contributed by atoms with Gasteiger partial charge in [-0.2, -0.15) is 5.10 Å². The third-order valence-corrected chi connectivity index (χ3v) is 5.28. The summed E-state index contributed by atoms with van der Waals surface area (Å²) in [5, 5.41) is 10.4. The number of amides is 2. The maximum atomic E-state index is 12.7. The highest BCUT2D eigenvalue weighted by Gasteiger charge is 2.37. The van der Waals surface area contributed by atoms with E-state index in [0.29, 0.717) is 11.5 Å². The zero-order valence-electron chi connectivity index (χ0n) is 17.6. The molecule has 1 aromatic heterocycles. The van der Waals surface area contributed by atoms with Gasteiger partial charge in [-0.3, -0.25) is 9.59 Å². The summed E-state index contributed by atoms with van der Waals surface area (Å²) in [6.07, 6.45) is -0.0245. The Bertz CT molecular complexity index is 1120. The third-order valence-electron chi connectivity index (χ3n) is 5.28. The average molecular weight is 420 g/mol. The Morgan fingerprint density at radius 3 is 2.58 bits per heavy atom. The highest BCUT2D eigenvalue weighted by atomic mass is 16.5. The van der Waals surface area contributed by atoms with E-state index in [0.717, 1.165) is 28.1 Å². The average Bonchev–Trinajstić information content (AvgIpc) is 3.25. The number of carbonyl (C=O) groups excluding carboxylic acids is 2. The second kappa shape index (κ2) is 8.61. The van der Waals surface area contributed by atoms with Crippen molar-refractivity contribution in [2.45, 2.75) is 26.0 Å². The van der Waals surface area contributed by atoms with Crippen LogP contribution in [0, 0.1) is 6.92 Å². The van der Waals surface area contributed by atoms with Gasteiger partial charge in [0.15, 0.2) is 0 Å². The number of nitrogens with one attached hydrogen (secondary N) is 2. The number of carbonyl (C=O) groups is 2. The number of rotatable bonds is 7. The van der Waals surface area contributed by atoms with Crippen LogP contribution < -0.4 is 15.4 Å². The van der Waals surface area contributed by atoms with Gasteiger partial charge in [0.25, 0.3) is 5.91 Å². The van der Waals surface area contributed by atoms with Gasteiger partial charge in [0, 0.05) is 18.4 Å². The Balaban J connectivity index is 1.63. The zero-order valence-corrected chi connectivity index (χ0v) is 17.6. The van der Waals surface area contributed by atoms with Crippen LogP contribution in [0.4, 0.5) is 11.5 Å². The van der Waals surface area contributed by atoms with Crippen molar-refractivity contribution in [1.29, 1.82) is 0 Å². The van der Waals surface area contributed by atoms with E-state index in [4.69, 9.17) is 9.47 Å². The van der Waals surface area contributed by atoms with Crippen LogP contribution in [0.1, 0.15) is 23.7 Å². The maximum Gasteiger partial charge on any atom is 0.251 e. The SMILES string of the molecule is COCc1nn2c(c1-c1ccc(OC)cc1)NC(=O)C2CC(=O)Nc1ccccc1C. The first-order valence-corrected chi connectivity index (χ1v) is 9.93.